The Morgan fingerprint density at radius 2 is 1.91 bits per heavy atom. The molecule has 0 aliphatic heterocycles. The van der Waals surface area contributed by atoms with Crippen molar-refractivity contribution in [3.05, 3.63) is 33.9 Å². The van der Waals surface area contributed by atoms with Gasteiger partial charge in [0.15, 0.2) is 0 Å². The summed E-state index contributed by atoms with van der Waals surface area (Å²) in [5.41, 5.74) is 1.23. The van der Waals surface area contributed by atoms with Crippen LogP contribution in [0, 0.1) is 39.7 Å². The molecule has 0 saturated heterocycles. The van der Waals surface area contributed by atoms with Crippen molar-refractivity contribution >= 4 is 17.3 Å². The van der Waals surface area contributed by atoms with E-state index in [-0.39, 0.29) is 44.1 Å². The number of benzene rings is 1. The van der Waals surface area contributed by atoms with Crippen molar-refractivity contribution in [1.29, 1.82) is 10.5 Å². The van der Waals surface area contributed by atoms with Crippen molar-refractivity contribution in [2.24, 2.45) is 0 Å². The quantitative estimate of drug-likeness (QED) is 0.578. The van der Waals surface area contributed by atoms with Crippen LogP contribution in [0.4, 0.5) is 11.4 Å². The average molecular weight is 315 g/mol. The van der Waals surface area contributed by atoms with Crippen LogP contribution in [0.3, 0.4) is 0 Å². The van der Waals surface area contributed by atoms with E-state index in [2.05, 4.69) is 5.32 Å². The van der Waals surface area contributed by atoms with Gasteiger partial charge in [0.25, 0.3) is 5.69 Å². The highest BCUT2D eigenvalue weighted by Gasteiger charge is 2.14. The zero-order chi connectivity index (χ0) is 17.2. The van der Waals surface area contributed by atoms with Gasteiger partial charge in [-0.25, -0.2) is 0 Å². The smallest absolute Gasteiger partial charge is 0.271 e. The maximum atomic E-state index is 12.2. The summed E-state index contributed by atoms with van der Waals surface area (Å²) in [4.78, 5) is 23.9. The van der Waals surface area contributed by atoms with Crippen molar-refractivity contribution in [3.63, 3.8) is 0 Å². The molecule has 120 valence electrons. The Kier molecular flexibility index (Phi) is 7.02. The molecule has 0 atom stereocenters. The van der Waals surface area contributed by atoms with Gasteiger partial charge in [-0.15, -0.1) is 0 Å². The summed E-state index contributed by atoms with van der Waals surface area (Å²) in [5.74, 6) is -0.263. The highest BCUT2D eigenvalue weighted by atomic mass is 16.6. The van der Waals surface area contributed by atoms with E-state index < -0.39 is 4.92 Å². The summed E-state index contributed by atoms with van der Waals surface area (Å²) in [6.45, 7) is 2.23. The van der Waals surface area contributed by atoms with Gasteiger partial charge < -0.3 is 10.2 Å². The molecule has 1 amide bonds. The van der Waals surface area contributed by atoms with E-state index in [1.54, 1.807) is 13.0 Å². The van der Waals surface area contributed by atoms with E-state index >= 15 is 0 Å². The molecule has 0 bridgehead atoms. The largest absolute Gasteiger partial charge is 0.376 e. The third-order valence-corrected chi connectivity index (χ3v) is 3.20. The van der Waals surface area contributed by atoms with Crippen LogP contribution in [-0.4, -0.2) is 35.4 Å². The van der Waals surface area contributed by atoms with E-state index in [1.165, 1.54) is 17.0 Å². The standard InChI is InChI=1S/C15H17N5O3/c1-12-4-5-13(20(22)23)10-14(12)18-11-15(21)19(8-2-6-16)9-3-7-17/h4-5,10,18H,2-3,8-9,11H2,1H3. The van der Waals surface area contributed by atoms with Crippen molar-refractivity contribution in [2.45, 2.75) is 19.8 Å². The number of aryl methyl sites for hydroxylation is 1. The number of anilines is 1. The van der Waals surface area contributed by atoms with E-state index in [0.29, 0.717) is 5.69 Å². The topological polar surface area (TPSA) is 123 Å². The highest BCUT2D eigenvalue weighted by Crippen LogP contribution is 2.21. The molecule has 0 heterocycles. The monoisotopic (exact) mass is 315 g/mol. The number of nitrogens with zero attached hydrogens (tertiary/aromatic N) is 4. The van der Waals surface area contributed by atoms with Gasteiger partial charge in [-0.1, -0.05) is 6.07 Å². The minimum atomic E-state index is -0.501. The molecule has 8 nitrogen and oxygen atoms in total. The van der Waals surface area contributed by atoms with Gasteiger partial charge in [0, 0.05) is 30.9 Å². The number of amides is 1. The molecule has 8 heteroatoms. The van der Waals surface area contributed by atoms with Crippen LogP contribution >= 0.6 is 0 Å². The van der Waals surface area contributed by atoms with Crippen LogP contribution in [0.1, 0.15) is 18.4 Å². The normalized spacial score (nSPS) is 9.52. The summed E-state index contributed by atoms with van der Waals surface area (Å²) < 4.78 is 0. The molecule has 1 rings (SSSR count). The summed E-state index contributed by atoms with van der Waals surface area (Å²) in [5, 5.41) is 30.9. The lowest BCUT2D eigenvalue weighted by atomic mass is 10.2. The molecule has 0 saturated carbocycles. The maximum Gasteiger partial charge on any atom is 0.271 e. The number of nitro benzene ring substituents is 1. The minimum Gasteiger partial charge on any atom is -0.376 e. The Labute approximate surface area is 134 Å². The molecular formula is C15H17N5O3. The van der Waals surface area contributed by atoms with Gasteiger partial charge in [-0.2, -0.15) is 10.5 Å². The molecular weight excluding hydrogens is 298 g/mol. The van der Waals surface area contributed by atoms with Gasteiger partial charge in [-0.3, -0.25) is 14.9 Å². The van der Waals surface area contributed by atoms with Crippen LogP contribution in [-0.2, 0) is 4.79 Å². The number of carbonyl (C=O) groups is 1. The van der Waals surface area contributed by atoms with E-state index in [0.717, 1.165) is 5.56 Å². The number of carbonyl (C=O) groups excluding carboxylic acids is 1. The molecule has 1 aromatic carbocycles. The fraction of sp³-hybridized carbons (Fsp3) is 0.400. The predicted octanol–water partition coefficient (Wildman–Crippen LogP) is 1.97. The van der Waals surface area contributed by atoms with Gasteiger partial charge >= 0.3 is 0 Å². The number of nitrogens with one attached hydrogen (secondary N) is 1. The molecule has 0 aliphatic carbocycles. The number of rotatable bonds is 8. The lowest BCUT2D eigenvalue weighted by Gasteiger charge is -2.21. The zero-order valence-corrected chi connectivity index (χ0v) is 12.8. The Balaban J connectivity index is 2.73. The third-order valence-electron chi connectivity index (χ3n) is 3.20. The second kappa shape index (κ2) is 9.00. The Morgan fingerprint density at radius 1 is 1.30 bits per heavy atom. The molecule has 23 heavy (non-hydrogen) atoms. The molecule has 1 N–H and O–H groups in total. The van der Waals surface area contributed by atoms with Gasteiger partial charge in [0.2, 0.25) is 5.91 Å². The Morgan fingerprint density at radius 3 is 2.43 bits per heavy atom. The second-order valence-corrected chi connectivity index (χ2v) is 4.81. The first-order chi connectivity index (χ1) is 11.0. The highest BCUT2D eigenvalue weighted by molar-refractivity contribution is 5.81. The predicted molar refractivity (Wildman–Crippen MR) is 83.4 cm³/mol. The van der Waals surface area contributed by atoms with Crippen molar-refractivity contribution in [3.8, 4) is 12.1 Å². The lowest BCUT2D eigenvalue weighted by molar-refractivity contribution is -0.384. The number of nitro groups is 1. The molecule has 0 aromatic heterocycles. The van der Waals surface area contributed by atoms with Crippen LogP contribution in [0.25, 0.3) is 0 Å². The van der Waals surface area contributed by atoms with Crippen molar-refractivity contribution < 1.29 is 9.72 Å². The van der Waals surface area contributed by atoms with Gasteiger partial charge in [0.1, 0.15) is 0 Å². The average Bonchev–Trinajstić information content (AvgIpc) is 2.53. The lowest BCUT2D eigenvalue weighted by Crippen LogP contribution is -2.37. The molecule has 0 radical (unpaired) electrons. The Bertz CT molecular complexity index is 642. The molecule has 0 unspecified atom stereocenters. The van der Waals surface area contributed by atoms with Gasteiger partial charge in [-0.05, 0) is 12.5 Å². The fourth-order valence-electron chi connectivity index (χ4n) is 1.93. The van der Waals surface area contributed by atoms with Crippen LogP contribution < -0.4 is 5.32 Å². The van der Waals surface area contributed by atoms with E-state index in [9.17, 15) is 14.9 Å². The Hall–Kier alpha value is -3.13. The molecule has 0 aliphatic rings. The molecule has 0 fully saturated rings. The van der Waals surface area contributed by atoms with Crippen molar-refractivity contribution in [2.75, 3.05) is 25.0 Å². The molecule has 0 spiro atoms. The minimum absolute atomic E-state index is 0.0567. The number of non-ortho nitro benzene ring substituents is 1. The summed E-state index contributed by atoms with van der Waals surface area (Å²) in [7, 11) is 0. The summed E-state index contributed by atoms with van der Waals surface area (Å²) in [6.07, 6.45) is 0.375. The van der Waals surface area contributed by atoms with Gasteiger partial charge in [0.05, 0.1) is 36.4 Å². The van der Waals surface area contributed by atoms with Crippen LogP contribution in [0.2, 0.25) is 0 Å². The van der Waals surface area contributed by atoms with Crippen LogP contribution in [0.15, 0.2) is 18.2 Å². The summed E-state index contributed by atoms with van der Waals surface area (Å²) >= 11 is 0. The zero-order valence-electron chi connectivity index (χ0n) is 12.8. The first-order valence-electron chi connectivity index (χ1n) is 7.00. The van der Waals surface area contributed by atoms with E-state index in [1.807, 2.05) is 12.1 Å². The molecule has 1 aromatic rings. The first kappa shape index (κ1) is 17.9. The maximum absolute atomic E-state index is 12.2. The fourth-order valence-corrected chi connectivity index (χ4v) is 1.93. The summed E-state index contributed by atoms with van der Waals surface area (Å²) in [6, 6.07) is 8.30. The number of hydrogen-bond acceptors (Lipinski definition) is 6. The van der Waals surface area contributed by atoms with Crippen LogP contribution in [0.5, 0.6) is 0 Å². The van der Waals surface area contributed by atoms with Crippen molar-refractivity contribution in [1.82, 2.24) is 4.90 Å². The number of nitriles is 2. The third kappa shape index (κ3) is 5.64. The van der Waals surface area contributed by atoms with E-state index in [4.69, 9.17) is 10.5 Å². The SMILES string of the molecule is Cc1ccc([N+](=O)[O-])cc1NCC(=O)N(CCC#N)CCC#N. The second-order valence-electron chi connectivity index (χ2n) is 4.81. The first-order valence-corrected chi connectivity index (χ1v) is 7.00. The number of hydrogen-bond donors (Lipinski definition) is 1.